The molecule has 92 valence electrons. The number of carbonyl (C=O) groups excluding carboxylic acids is 2. The number of hydrogen-bond donors (Lipinski definition) is 0. The molecule has 2 aliphatic rings. The largest absolute Gasteiger partial charge is 0.498 e. The summed E-state index contributed by atoms with van der Waals surface area (Å²) in [6.07, 6.45) is 6.44. The predicted octanol–water partition coefficient (Wildman–Crippen LogP) is 0.968. The van der Waals surface area contributed by atoms with Crippen LogP contribution in [0.1, 0.15) is 19.3 Å². The Labute approximate surface area is 99.6 Å². The van der Waals surface area contributed by atoms with Gasteiger partial charge in [0, 0.05) is 12.5 Å². The molecule has 1 fully saturated rings. The Kier molecular flexibility index (Phi) is 3.02. The SMILES string of the molecule is COC1=CC(=O)C=C[C@]12CCCC(=O)N2OC. The third-order valence-electron chi connectivity index (χ3n) is 3.16. The molecule has 1 atom stereocenters. The van der Waals surface area contributed by atoms with E-state index in [-0.39, 0.29) is 11.7 Å². The van der Waals surface area contributed by atoms with Gasteiger partial charge in [-0.25, -0.2) is 5.06 Å². The third kappa shape index (κ3) is 1.76. The first-order valence-electron chi connectivity index (χ1n) is 5.50. The minimum absolute atomic E-state index is 0.0966. The van der Waals surface area contributed by atoms with Gasteiger partial charge >= 0.3 is 0 Å². The van der Waals surface area contributed by atoms with Crippen LogP contribution in [-0.2, 0) is 19.2 Å². The van der Waals surface area contributed by atoms with Crippen molar-refractivity contribution in [3.63, 3.8) is 0 Å². The molecule has 0 saturated carbocycles. The minimum atomic E-state index is -0.757. The lowest BCUT2D eigenvalue weighted by atomic mass is 9.82. The molecular weight excluding hydrogens is 222 g/mol. The van der Waals surface area contributed by atoms with E-state index in [4.69, 9.17) is 9.57 Å². The number of amides is 1. The molecule has 0 radical (unpaired) electrons. The molecule has 0 aromatic rings. The standard InChI is InChI=1S/C12H15NO4/c1-16-10-8-9(14)5-7-12(10)6-3-4-11(15)13(12)17-2/h5,7-8H,3-4,6H2,1-2H3/t12-/m1/s1. The molecule has 1 saturated heterocycles. The number of methoxy groups -OCH3 is 1. The van der Waals surface area contributed by atoms with Gasteiger partial charge in [-0.2, -0.15) is 0 Å². The topological polar surface area (TPSA) is 55.8 Å². The number of ketones is 1. The van der Waals surface area contributed by atoms with Gasteiger partial charge in [0.15, 0.2) is 5.78 Å². The molecular formula is C12H15NO4. The van der Waals surface area contributed by atoms with Gasteiger partial charge in [0.2, 0.25) is 5.91 Å². The summed E-state index contributed by atoms with van der Waals surface area (Å²) in [5, 5.41) is 1.30. The van der Waals surface area contributed by atoms with Crippen LogP contribution in [0.3, 0.4) is 0 Å². The van der Waals surface area contributed by atoms with Crippen molar-refractivity contribution in [2.24, 2.45) is 0 Å². The van der Waals surface area contributed by atoms with Crippen LogP contribution < -0.4 is 0 Å². The fourth-order valence-electron chi connectivity index (χ4n) is 2.41. The van der Waals surface area contributed by atoms with E-state index in [2.05, 4.69) is 0 Å². The first-order chi connectivity index (χ1) is 8.14. The average Bonchev–Trinajstić information content (AvgIpc) is 2.32. The summed E-state index contributed by atoms with van der Waals surface area (Å²) in [6, 6.07) is 0. The highest BCUT2D eigenvalue weighted by atomic mass is 16.7. The van der Waals surface area contributed by atoms with Gasteiger partial charge < -0.3 is 4.74 Å². The summed E-state index contributed by atoms with van der Waals surface area (Å²) >= 11 is 0. The van der Waals surface area contributed by atoms with E-state index in [9.17, 15) is 9.59 Å². The maximum absolute atomic E-state index is 11.8. The highest BCUT2D eigenvalue weighted by Gasteiger charge is 2.47. The quantitative estimate of drug-likeness (QED) is 0.718. The molecule has 0 aromatic heterocycles. The van der Waals surface area contributed by atoms with Gasteiger partial charge in [0.25, 0.3) is 0 Å². The lowest BCUT2D eigenvalue weighted by Crippen LogP contribution is -2.55. The van der Waals surface area contributed by atoms with Crippen LogP contribution in [0.2, 0.25) is 0 Å². The van der Waals surface area contributed by atoms with Crippen molar-refractivity contribution in [1.29, 1.82) is 0 Å². The second kappa shape index (κ2) is 4.33. The highest BCUT2D eigenvalue weighted by molar-refractivity contribution is 6.01. The zero-order valence-corrected chi connectivity index (χ0v) is 9.93. The number of piperidine rings is 1. The summed E-state index contributed by atoms with van der Waals surface area (Å²) in [7, 11) is 2.94. The molecule has 0 aromatic carbocycles. The minimum Gasteiger partial charge on any atom is -0.498 e. The molecule has 5 nitrogen and oxygen atoms in total. The Hall–Kier alpha value is -1.62. The fraction of sp³-hybridized carbons (Fsp3) is 0.500. The van der Waals surface area contributed by atoms with Crippen LogP contribution in [0.4, 0.5) is 0 Å². The van der Waals surface area contributed by atoms with Crippen LogP contribution in [0.5, 0.6) is 0 Å². The van der Waals surface area contributed by atoms with Crippen molar-refractivity contribution in [2.45, 2.75) is 24.8 Å². The fourth-order valence-corrected chi connectivity index (χ4v) is 2.41. The first-order valence-corrected chi connectivity index (χ1v) is 5.50. The molecule has 0 unspecified atom stereocenters. The van der Waals surface area contributed by atoms with Crippen LogP contribution >= 0.6 is 0 Å². The second-order valence-electron chi connectivity index (χ2n) is 4.10. The highest BCUT2D eigenvalue weighted by Crippen LogP contribution is 2.38. The summed E-state index contributed by atoms with van der Waals surface area (Å²) in [4.78, 5) is 28.4. The molecule has 1 aliphatic carbocycles. The summed E-state index contributed by atoms with van der Waals surface area (Å²) in [5.41, 5.74) is -0.757. The maximum atomic E-state index is 11.8. The Morgan fingerprint density at radius 1 is 1.35 bits per heavy atom. The number of carbonyl (C=O) groups is 2. The van der Waals surface area contributed by atoms with Crippen LogP contribution in [-0.4, -0.2) is 36.5 Å². The van der Waals surface area contributed by atoms with E-state index in [0.29, 0.717) is 18.6 Å². The van der Waals surface area contributed by atoms with Crippen LogP contribution in [0.25, 0.3) is 0 Å². The van der Waals surface area contributed by atoms with Gasteiger partial charge in [-0.05, 0) is 25.0 Å². The van der Waals surface area contributed by atoms with E-state index in [1.54, 1.807) is 6.08 Å². The van der Waals surface area contributed by atoms with Gasteiger partial charge in [-0.1, -0.05) is 0 Å². The number of hydrogen-bond acceptors (Lipinski definition) is 4. The van der Waals surface area contributed by atoms with E-state index in [0.717, 1.165) is 6.42 Å². The molecule has 2 rings (SSSR count). The van der Waals surface area contributed by atoms with Crippen molar-refractivity contribution < 1.29 is 19.2 Å². The molecule has 1 heterocycles. The van der Waals surface area contributed by atoms with Crippen LogP contribution in [0, 0.1) is 0 Å². The van der Waals surface area contributed by atoms with Gasteiger partial charge in [-0.3, -0.25) is 14.4 Å². The molecule has 1 amide bonds. The molecule has 1 aliphatic heterocycles. The van der Waals surface area contributed by atoms with Crippen molar-refractivity contribution in [3.8, 4) is 0 Å². The smallest absolute Gasteiger partial charge is 0.247 e. The molecule has 5 heteroatoms. The third-order valence-corrected chi connectivity index (χ3v) is 3.16. The van der Waals surface area contributed by atoms with Gasteiger partial charge in [0.05, 0.1) is 14.2 Å². The molecule has 0 bridgehead atoms. The maximum Gasteiger partial charge on any atom is 0.247 e. The molecule has 0 N–H and O–H groups in total. The number of rotatable bonds is 2. The second-order valence-corrected chi connectivity index (χ2v) is 4.10. The number of hydroxylamine groups is 2. The van der Waals surface area contributed by atoms with Gasteiger partial charge in [-0.15, -0.1) is 0 Å². The molecule has 17 heavy (non-hydrogen) atoms. The summed E-state index contributed by atoms with van der Waals surface area (Å²) in [6.45, 7) is 0. The number of ether oxygens (including phenoxy) is 1. The Morgan fingerprint density at radius 3 is 2.76 bits per heavy atom. The Balaban J connectivity index is 2.45. The molecule has 1 spiro atoms. The average molecular weight is 237 g/mol. The lowest BCUT2D eigenvalue weighted by molar-refractivity contribution is -0.208. The number of nitrogens with zero attached hydrogens (tertiary/aromatic N) is 1. The van der Waals surface area contributed by atoms with E-state index >= 15 is 0 Å². The monoisotopic (exact) mass is 237 g/mol. The van der Waals surface area contributed by atoms with Crippen molar-refractivity contribution >= 4 is 11.7 Å². The van der Waals surface area contributed by atoms with Crippen molar-refractivity contribution in [3.05, 3.63) is 24.0 Å². The summed E-state index contributed by atoms with van der Waals surface area (Å²) < 4.78 is 5.25. The Morgan fingerprint density at radius 2 is 2.12 bits per heavy atom. The van der Waals surface area contributed by atoms with Crippen LogP contribution in [0.15, 0.2) is 24.0 Å². The van der Waals surface area contributed by atoms with Crippen molar-refractivity contribution in [1.82, 2.24) is 5.06 Å². The van der Waals surface area contributed by atoms with E-state index in [1.807, 2.05) is 0 Å². The first kappa shape index (κ1) is 11.9. The zero-order valence-electron chi connectivity index (χ0n) is 9.93. The lowest BCUT2D eigenvalue weighted by Gasteiger charge is -2.44. The number of allylic oxidation sites excluding steroid dienone is 2. The van der Waals surface area contributed by atoms with E-state index in [1.165, 1.54) is 31.4 Å². The predicted molar refractivity (Wildman–Crippen MR) is 59.7 cm³/mol. The normalized spacial score (nSPS) is 28.6. The zero-order chi connectivity index (χ0) is 12.5. The van der Waals surface area contributed by atoms with E-state index < -0.39 is 5.54 Å². The van der Waals surface area contributed by atoms with Crippen molar-refractivity contribution in [2.75, 3.05) is 14.2 Å². The summed E-state index contributed by atoms with van der Waals surface area (Å²) in [5.74, 6) is 0.224. The Bertz CT molecular complexity index is 413. The van der Waals surface area contributed by atoms with Gasteiger partial charge in [0.1, 0.15) is 11.3 Å².